The largest absolute Gasteiger partial charge is 0.340 e. The number of piperazine rings is 1. The first-order valence-corrected chi connectivity index (χ1v) is 9.40. The smallest absolute Gasteiger partial charge is 0.236 e. The Morgan fingerprint density at radius 1 is 1.13 bits per heavy atom. The van der Waals surface area contributed by atoms with Crippen LogP contribution in [0.2, 0.25) is 0 Å². The molecular weight excluding hydrogens is 312 g/mol. The molecule has 1 amide bonds. The van der Waals surface area contributed by atoms with Crippen LogP contribution in [0.5, 0.6) is 0 Å². The highest BCUT2D eigenvalue weighted by molar-refractivity contribution is 7.92. The average molecular weight is 336 g/mol. The number of hydrogen-bond donors (Lipinski definition) is 0. The SMILES string of the molecule is CC(C)CC(=O)N1CCN(S(=O)(=O)/C=C/c2ccccc2)CC1. The normalized spacial score (nSPS) is 17.1. The Hall–Kier alpha value is -1.66. The van der Waals surface area contributed by atoms with E-state index in [2.05, 4.69) is 0 Å². The van der Waals surface area contributed by atoms with E-state index in [1.54, 1.807) is 11.0 Å². The molecule has 5 nitrogen and oxygen atoms in total. The van der Waals surface area contributed by atoms with Crippen molar-refractivity contribution in [3.63, 3.8) is 0 Å². The highest BCUT2D eigenvalue weighted by atomic mass is 32.2. The van der Waals surface area contributed by atoms with E-state index in [1.165, 1.54) is 9.71 Å². The van der Waals surface area contributed by atoms with Gasteiger partial charge in [-0.3, -0.25) is 4.79 Å². The molecule has 0 bridgehead atoms. The number of nitrogens with zero attached hydrogens (tertiary/aromatic N) is 2. The van der Waals surface area contributed by atoms with Crippen molar-refractivity contribution in [1.82, 2.24) is 9.21 Å². The van der Waals surface area contributed by atoms with Crippen molar-refractivity contribution in [3.8, 4) is 0 Å². The van der Waals surface area contributed by atoms with Crippen molar-refractivity contribution in [1.29, 1.82) is 0 Å². The molecule has 0 aromatic heterocycles. The van der Waals surface area contributed by atoms with Crippen LogP contribution in [0.4, 0.5) is 0 Å². The van der Waals surface area contributed by atoms with Crippen LogP contribution in [-0.2, 0) is 14.8 Å². The third kappa shape index (κ3) is 5.18. The minimum Gasteiger partial charge on any atom is -0.340 e. The molecule has 0 atom stereocenters. The van der Waals surface area contributed by atoms with Crippen molar-refractivity contribution in [2.24, 2.45) is 5.92 Å². The van der Waals surface area contributed by atoms with Gasteiger partial charge in [-0.15, -0.1) is 0 Å². The van der Waals surface area contributed by atoms with Gasteiger partial charge in [-0.05, 0) is 17.6 Å². The summed E-state index contributed by atoms with van der Waals surface area (Å²) in [5, 5.41) is 1.24. The Morgan fingerprint density at radius 2 is 1.74 bits per heavy atom. The Labute approximate surface area is 138 Å². The van der Waals surface area contributed by atoms with Gasteiger partial charge in [0, 0.05) is 38.0 Å². The van der Waals surface area contributed by atoms with Gasteiger partial charge < -0.3 is 4.90 Å². The van der Waals surface area contributed by atoms with Crippen LogP contribution >= 0.6 is 0 Å². The average Bonchev–Trinajstić information content (AvgIpc) is 2.53. The molecule has 1 heterocycles. The number of carbonyl (C=O) groups is 1. The van der Waals surface area contributed by atoms with E-state index in [0.717, 1.165) is 5.56 Å². The lowest BCUT2D eigenvalue weighted by atomic mass is 10.1. The topological polar surface area (TPSA) is 57.7 Å². The van der Waals surface area contributed by atoms with E-state index >= 15 is 0 Å². The van der Waals surface area contributed by atoms with Crippen LogP contribution in [0.15, 0.2) is 35.7 Å². The zero-order chi connectivity index (χ0) is 16.9. The van der Waals surface area contributed by atoms with Crippen molar-refractivity contribution in [2.45, 2.75) is 20.3 Å². The number of amides is 1. The molecule has 1 aliphatic rings. The van der Waals surface area contributed by atoms with Crippen molar-refractivity contribution >= 4 is 22.0 Å². The fourth-order valence-corrected chi connectivity index (χ4v) is 3.66. The molecule has 1 saturated heterocycles. The van der Waals surface area contributed by atoms with E-state index < -0.39 is 10.0 Å². The van der Waals surface area contributed by atoms with Gasteiger partial charge in [-0.1, -0.05) is 44.2 Å². The second-order valence-electron chi connectivity index (χ2n) is 6.14. The standard InChI is InChI=1S/C17H24N2O3S/c1-15(2)14-17(20)18-9-11-19(12-10-18)23(21,22)13-8-16-6-4-3-5-7-16/h3-8,13,15H,9-12,14H2,1-2H3/b13-8+. The van der Waals surface area contributed by atoms with Crippen LogP contribution < -0.4 is 0 Å². The molecule has 1 fully saturated rings. The Balaban J connectivity index is 1.93. The summed E-state index contributed by atoms with van der Waals surface area (Å²) < 4.78 is 26.1. The van der Waals surface area contributed by atoms with E-state index in [9.17, 15) is 13.2 Å². The number of carbonyl (C=O) groups excluding carboxylic acids is 1. The second-order valence-corrected chi connectivity index (χ2v) is 7.95. The zero-order valence-corrected chi connectivity index (χ0v) is 14.5. The highest BCUT2D eigenvalue weighted by Gasteiger charge is 2.27. The van der Waals surface area contributed by atoms with E-state index in [-0.39, 0.29) is 5.91 Å². The lowest BCUT2D eigenvalue weighted by Gasteiger charge is -2.33. The molecule has 6 heteroatoms. The van der Waals surface area contributed by atoms with E-state index in [4.69, 9.17) is 0 Å². The second kappa shape index (κ2) is 7.75. The molecule has 126 valence electrons. The van der Waals surface area contributed by atoms with Gasteiger partial charge in [0.2, 0.25) is 15.9 Å². The lowest BCUT2D eigenvalue weighted by molar-refractivity contribution is -0.133. The Bertz CT molecular complexity index is 646. The lowest BCUT2D eigenvalue weighted by Crippen LogP contribution is -2.50. The third-order valence-electron chi connectivity index (χ3n) is 3.77. The summed E-state index contributed by atoms with van der Waals surface area (Å²) in [6.07, 6.45) is 2.12. The molecule has 0 radical (unpaired) electrons. The minimum absolute atomic E-state index is 0.108. The fourth-order valence-electron chi connectivity index (χ4n) is 2.49. The summed E-state index contributed by atoms with van der Waals surface area (Å²) in [7, 11) is -3.44. The van der Waals surface area contributed by atoms with Crippen LogP contribution in [0, 0.1) is 5.92 Å². The van der Waals surface area contributed by atoms with Crippen LogP contribution in [0.3, 0.4) is 0 Å². The molecule has 23 heavy (non-hydrogen) atoms. The third-order valence-corrected chi connectivity index (χ3v) is 5.33. The molecule has 0 spiro atoms. The number of hydrogen-bond acceptors (Lipinski definition) is 3. The number of benzene rings is 1. The molecule has 1 aromatic carbocycles. The molecule has 0 aliphatic carbocycles. The van der Waals surface area contributed by atoms with Gasteiger partial charge in [-0.25, -0.2) is 8.42 Å². The molecule has 1 aliphatic heterocycles. The quantitative estimate of drug-likeness (QED) is 0.828. The van der Waals surface area contributed by atoms with Crippen LogP contribution in [-0.4, -0.2) is 49.7 Å². The molecule has 0 unspecified atom stereocenters. The summed E-state index contributed by atoms with van der Waals surface area (Å²) in [4.78, 5) is 13.8. The van der Waals surface area contributed by atoms with Gasteiger partial charge in [0.05, 0.1) is 0 Å². The van der Waals surface area contributed by atoms with Gasteiger partial charge >= 0.3 is 0 Å². The van der Waals surface area contributed by atoms with Crippen LogP contribution in [0.1, 0.15) is 25.8 Å². The monoisotopic (exact) mass is 336 g/mol. The molecule has 2 rings (SSSR count). The van der Waals surface area contributed by atoms with Gasteiger partial charge in [0.15, 0.2) is 0 Å². The van der Waals surface area contributed by atoms with Gasteiger partial charge in [-0.2, -0.15) is 4.31 Å². The van der Waals surface area contributed by atoms with Gasteiger partial charge in [0.25, 0.3) is 0 Å². The zero-order valence-electron chi connectivity index (χ0n) is 13.7. The molecular formula is C17H24N2O3S. The number of rotatable bonds is 5. The van der Waals surface area contributed by atoms with Crippen LogP contribution in [0.25, 0.3) is 6.08 Å². The Kier molecular flexibility index (Phi) is 5.96. The molecule has 0 N–H and O–H groups in total. The first-order chi connectivity index (χ1) is 10.9. The Morgan fingerprint density at radius 3 is 2.30 bits per heavy atom. The summed E-state index contributed by atoms with van der Waals surface area (Å²) in [6.45, 7) is 5.64. The predicted octanol–water partition coefficient (Wildman–Crippen LogP) is 2.18. The fraction of sp³-hybridized carbons (Fsp3) is 0.471. The summed E-state index contributed by atoms with van der Waals surface area (Å²) in [5.74, 6) is 0.426. The maximum atomic E-state index is 12.3. The maximum absolute atomic E-state index is 12.3. The van der Waals surface area contributed by atoms with Gasteiger partial charge in [0.1, 0.15) is 0 Å². The van der Waals surface area contributed by atoms with Crippen molar-refractivity contribution < 1.29 is 13.2 Å². The molecule has 1 aromatic rings. The van der Waals surface area contributed by atoms with Crippen molar-refractivity contribution in [3.05, 3.63) is 41.3 Å². The number of sulfonamides is 1. The molecule has 0 saturated carbocycles. The summed E-state index contributed by atoms with van der Waals surface area (Å²) >= 11 is 0. The minimum atomic E-state index is -3.44. The first-order valence-electron chi connectivity index (χ1n) is 7.89. The van der Waals surface area contributed by atoms with E-state index in [1.807, 2.05) is 44.2 Å². The van der Waals surface area contributed by atoms with E-state index in [0.29, 0.717) is 38.5 Å². The highest BCUT2D eigenvalue weighted by Crippen LogP contribution is 2.13. The predicted molar refractivity (Wildman–Crippen MR) is 92.0 cm³/mol. The summed E-state index contributed by atoms with van der Waals surface area (Å²) in [6, 6.07) is 9.33. The summed E-state index contributed by atoms with van der Waals surface area (Å²) in [5.41, 5.74) is 0.849. The first kappa shape index (κ1) is 17.7. The maximum Gasteiger partial charge on any atom is 0.236 e. The van der Waals surface area contributed by atoms with Crippen molar-refractivity contribution in [2.75, 3.05) is 26.2 Å².